The maximum atomic E-state index is 11.7. The van der Waals surface area contributed by atoms with Gasteiger partial charge in [0.1, 0.15) is 11.8 Å². The van der Waals surface area contributed by atoms with Crippen molar-refractivity contribution in [2.24, 2.45) is 0 Å². The molecule has 20 heavy (non-hydrogen) atoms. The van der Waals surface area contributed by atoms with Crippen LogP contribution < -0.4 is 0 Å². The number of carbonyl (C=O) groups excluding carboxylic acids is 2. The molecule has 0 aliphatic heterocycles. The van der Waals surface area contributed by atoms with E-state index in [0.29, 0.717) is 11.0 Å². The van der Waals surface area contributed by atoms with Crippen LogP contribution in [0.2, 0.25) is 0 Å². The second-order valence-electron chi connectivity index (χ2n) is 3.20. The van der Waals surface area contributed by atoms with Gasteiger partial charge in [-0.1, -0.05) is 45.9 Å². The van der Waals surface area contributed by atoms with Gasteiger partial charge >= 0.3 is 5.97 Å². The lowest BCUT2D eigenvalue weighted by atomic mass is 10.1. The van der Waals surface area contributed by atoms with Crippen molar-refractivity contribution in [1.82, 2.24) is 0 Å². The van der Waals surface area contributed by atoms with E-state index in [9.17, 15) is 9.59 Å². The molecule has 1 aromatic carbocycles. The molecule has 4 heteroatoms. The van der Waals surface area contributed by atoms with Gasteiger partial charge in [-0.05, 0) is 13.0 Å². The number of fused-ring (bicyclic) bond motifs is 1. The predicted octanol–water partition coefficient (Wildman–Crippen LogP) is 4.23. The van der Waals surface area contributed by atoms with Crippen molar-refractivity contribution in [1.29, 1.82) is 0 Å². The fourth-order valence-electron chi connectivity index (χ4n) is 1.46. The highest BCUT2D eigenvalue weighted by Crippen LogP contribution is 2.21. The Morgan fingerprint density at radius 1 is 1.10 bits per heavy atom. The Hall–Kier alpha value is -2.10. The Bertz CT molecular complexity index is 540. The number of hydrogen-bond acceptors (Lipinski definition) is 4. The Morgan fingerprint density at radius 3 is 2.30 bits per heavy atom. The summed E-state index contributed by atoms with van der Waals surface area (Å²) >= 11 is 0. The molecule has 0 N–H and O–H groups in total. The van der Waals surface area contributed by atoms with Gasteiger partial charge in [-0.2, -0.15) is 0 Å². The lowest BCUT2D eigenvalue weighted by Crippen LogP contribution is -2.16. The van der Waals surface area contributed by atoms with E-state index in [-0.39, 0.29) is 12.2 Å². The minimum Gasteiger partial charge on any atom is -0.464 e. The van der Waals surface area contributed by atoms with Crippen LogP contribution in [0.1, 0.15) is 45.0 Å². The SMILES string of the molecule is CC.CC.CCOC(=O)C(=O)c1coc2ccccc12. The number of rotatable bonds is 3. The van der Waals surface area contributed by atoms with E-state index in [2.05, 4.69) is 4.74 Å². The molecule has 1 aromatic heterocycles. The first-order valence-electron chi connectivity index (χ1n) is 6.91. The summed E-state index contributed by atoms with van der Waals surface area (Å²) in [5.41, 5.74) is 0.823. The number of ether oxygens (including phenoxy) is 1. The smallest absolute Gasteiger partial charge is 0.379 e. The standard InChI is InChI=1S/C12H10O4.2C2H6/c1-2-15-12(14)11(13)9-7-16-10-6-4-3-5-8(9)10;2*1-2/h3-7H,2H2,1H3;2*1-2H3. The molecule has 2 rings (SSSR count). The molecule has 0 unspecified atom stereocenters. The Labute approximate surface area is 119 Å². The highest BCUT2D eigenvalue weighted by atomic mass is 16.5. The summed E-state index contributed by atoms with van der Waals surface area (Å²) in [6.07, 6.45) is 1.28. The van der Waals surface area contributed by atoms with Crippen LogP contribution in [0.4, 0.5) is 0 Å². The molecule has 0 saturated carbocycles. The van der Waals surface area contributed by atoms with Gasteiger partial charge in [-0.3, -0.25) is 4.79 Å². The molecule has 110 valence electrons. The normalized spacial score (nSPS) is 8.85. The Kier molecular flexibility index (Phi) is 8.75. The van der Waals surface area contributed by atoms with Gasteiger partial charge in [0.15, 0.2) is 0 Å². The summed E-state index contributed by atoms with van der Waals surface area (Å²) in [5.74, 6) is -1.53. The summed E-state index contributed by atoms with van der Waals surface area (Å²) in [4.78, 5) is 22.9. The van der Waals surface area contributed by atoms with Crippen LogP contribution in [0.5, 0.6) is 0 Å². The molecule has 0 saturated heterocycles. The minimum absolute atomic E-state index is 0.181. The van der Waals surface area contributed by atoms with Crippen LogP contribution in [0.3, 0.4) is 0 Å². The molecule has 1 heterocycles. The second-order valence-corrected chi connectivity index (χ2v) is 3.20. The Morgan fingerprint density at radius 2 is 1.70 bits per heavy atom. The van der Waals surface area contributed by atoms with Crippen molar-refractivity contribution in [2.75, 3.05) is 6.61 Å². The predicted molar refractivity (Wildman–Crippen MR) is 79.9 cm³/mol. The number of Topliss-reactive ketones (excluding diaryl/α,β-unsaturated/α-hetero) is 1. The topological polar surface area (TPSA) is 56.5 Å². The number of ketones is 1. The van der Waals surface area contributed by atoms with Gasteiger partial charge in [0.05, 0.1) is 12.2 Å². The van der Waals surface area contributed by atoms with Crippen LogP contribution in [-0.4, -0.2) is 18.4 Å². The number of carbonyl (C=O) groups is 2. The zero-order valence-electron chi connectivity index (χ0n) is 12.7. The number of benzene rings is 1. The molecule has 0 aliphatic rings. The Balaban J connectivity index is 0.000000829. The lowest BCUT2D eigenvalue weighted by molar-refractivity contribution is -0.137. The van der Waals surface area contributed by atoms with Crippen LogP contribution in [0, 0.1) is 0 Å². The maximum absolute atomic E-state index is 11.7. The summed E-state index contributed by atoms with van der Waals surface area (Å²) in [6.45, 7) is 9.83. The molecule has 0 fully saturated rings. The molecule has 4 nitrogen and oxygen atoms in total. The molecule has 0 bridgehead atoms. The highest BCUT2D eigenvalue weighted by molar-refractivity contribution is 6.42. The van der Waals surface area contributed by atoms with Gasteiger partial charge < -0.3 is 9.15 Å². The van der Waals surface area contributed by atoms with Crippen molar-refractivity contribution in [3.8, 4) is 0 Å². The summed E-state index contributed by atoms with van der Waals surface area (Å²) < 4.78 is 9.82. The van der Waals surface area contributed by atoms with Gasteiger partial charge in [-0.15, -0.1) is 0 Å². The van der Waals surface area contributed by atoms with Crippen molar-refractivity contribution >= 4 is 22.7 Å². The van der Waals surface area contributed by atoms with E-state index in [4.69, 9.17) is 4.42 Å². The summed E-state index contributed by atoms with van der Waals surface area (Å²) in [7, 11) is 0. The van der Waals surface area contributed by atoms with Crippen LogP contribution in [-0.2, 0) is 9.53 Å². The quantitative estimate of drug-likeness (QED) is 0.479. The third-order valence-electron chi connectivity index (χ3n) is 2.19. The molecule has 0 amide bonds. The van der Waals surface area contributed by atoms with E-state index in [0.717, 1.165) is 0 Å². The molecule has 0 aliphatic carbocycles. The van der Waals surface area contributed by atoms with Crippen LogP contribution >= 0.6 is 0 Å². The van der Waals surface area contributed by atoms with E-state index in [1.807, 2.05) is 27.7 Å². The van der Waals surface area contributed by atoms with E-state index in [1.165, 1.54) is 6.26 Å². The fraction of sp³-hybridized carbons (Fsp3) is 0.375. The first kappa shape index (κ1) is 17.9. The zero-order valence-corrected chi connectivity index (χ0v) is 12.7. The second kappa shape index (κ2) is 9.78. The molecule has 0 atom stereocenters. The van der Waals surface area contributed by atoms with E-state index < -0.39 is 11.8 Å². The average Bonchev–Trinajstić information content (AvgIpc) is 2.95. The number of furan rings is 1. The van der Waals surface area contributed by atoms with Gasteiger partial charge in [0.25, 0.3) is 5.78 Å². The number of hydrogen-bond donors (Lipinski definition) is 0. The van der Waals surface area contributed by atoms with Gasteiger partial charge in [0.2, 0.25) is 0 Å². The first-order valence-corrected chi connectivity index (χ1v) is 6.91. The zero-order chi connectivity index (χ0) is 15.5. The minimum atomic E-state index is -0.853. The molecule has 0 spiro atoms. The molecule has 0 radical (unpaired) electrons. The highest BCUT2D eigenvalue weighted by Gasteiger charge is 2.21. The van der Waals surface area contributed by atoms with Crippen LogP contribution in [0.25, 0.3) is 11.0 Å². The fourth-order valence-corrected chi connectivity index (χ4v) is 1.46. The first-order chi connectivity index (χ1) is 9.74. The van der Waals surface area contributed by atoms with Gasteiger partial charge in [-0.25, -0.2) is 4.79 Å². The van der Waals surface area contributed by atoms with Crippen molar-refractivity contribution < 1.29 is 18.7 Å². The molecular weight excluding hydrogens is 256 g/mol. The van der Waals surface area contributed by atoms with Crippen molar-refractivity contribution in [3.63, 3.8) is 0 Å². The third kappa shape index (κ3) is 4.23. The van der Waals surface area contributed by atoms with Crippen molar-refractivity contribution in [3.05, 3.63) is 36.1 Å². The monoisotopic (exact) mass is 278 g/mol. The summed E-state index contributed by atoms with van der Waals surface area (Å²) in [5, 5.41) is 0.626. The maximum Gasteiger partial charge on any atom is 0.379 e. The van der Waals surface area contributed by atoms with Gasteiger partial charge in [0, 0.05) is 5.39 Å². The third-order valence-corrected chi connectivity index (χ3v) is 2.19. The van der Waals surface area contributed by atoms with Crippen LogP contribution in [0.15, 0.2) is 34.9 Å². The average molecular weight is 278 g/mol. The van der Waals surface area contributed by atoms with E-state index >= 15 is 0 Å². The molecule has 2 aromatic rings. The lowest BCUT2D eigenvalue weighted by Gasteiger charge is -1.98. The largest absolute Gasteiger partial charge is 0.464 e. The summed E-state index contributed by atoms with van der Waals surface area (Å²) in [6, 6.07) is 7.03. The molecular formula is C16H22O4. The van der Waals surface area contributed by atoms with E-state index in [1.54, 1.807) is 31.2 Å². The number of para-hydroxylation sites is 1. The number of esters is 1. The van der Waals surface area contributed by atoms with Crippen molar-refractivity contribution in [2.45, 2.75) is 34.6 Å².